The molecule has 0 saturated carbocycles. The van der Waals surface area contributed by atoms with Gasteiger partial charge >= 0.3 is 0 Å². The largest absolute Gasteiger partial charge is 0.504 e. The molecule has 0 saturated heterocycles. The Bertz CT molecular complexity index is 625. The highest BCUT2D eigenvalue weighted by Gasteiger charge is 2.23. The Labute approximate surface area is 116 Å². The lowest BCUT2D eigenvalue weighted by Crippen LogP contribution is -2.19. The molecule has 1 heterocycles. The summed E-state index contributed by atoms with van der Waals surface area (Å²) >= 11 is 6.00. The number of phenolic OH excluding ortho intramolecular Hbond substituents is 2. The minimum Gasteiger partial charge on any atom is -0.504 e. The number of hydrogen-bond acceptors (Lipinski definition) is 3. The summed E-state index contributed by atoms with van der Waals surface area (Å²) in [4.78, 5) is 0. The van der Waals surface area contributed by atoms with Crippen LogP contribution in [-0.2, 0) is 6.42 Å². The number of hydrogen-bond donors (Lipinski definition) is 2. The molecule has 3 nitrogen and oxygen atoms in total. The van der Waals surface area contributed by atoms with Crippen molar-refractivity contribution in [1.29, 1.82) is 0 Å². The summed E-state index contributed by atoms with van der Waals surface area (Å²) in [6.07, 6.45) is 0.753. The minimum absolute atomic E-state index is 0.117. The molecule has 19 heavy (non-hydrogen) atoms. The molecule has 0 aromatic heterocycles. The Kier molecular flexibility index (Phi) is 2.99. The second-order valence-electron chi connectivity index (χ2n) is 4.72. The number of aromatic hydroxyl groups is 2. The van der Waals surface area contributed by atoms with E-state index >= 15 is 0 Å². The van der Waals surface area contributed by atoms with Gasteiger partial charge in [-0.05, 0) is 35.7 Å². The van der Waals surface area contributed by atoms with Crippen molar-refractivity contribution < 1.29 is 14.9 Å². The van der Waals surface area contributed by atoms with Crippen LogP contribution in [0.3, 0.4) is 0 Å². The molecule has 3 rings (SSSR count). The highest BCUT2D eigenvalue weighted by molar-refractivity contribution is 6.30. The van der Waals surface area contributed by atoms with Crippen LogP contribution in [-0.4, -0.2) is 16.8 Å². The Balaban J connectivity index is 1.92. The van der Waals surface area contributed by atoms with Crippen LogP contribution in [0.1, 0.15) is 17.0 Å². The molecule has 98 valence electrons. The zero-order valence-corrected chi connectivity index (χ0v) is 10.9. The summed E-state index contributed by atoms with van der Waals surface area (Å²) in [5.41, 5.74) is 2.01. The Morgan fingerprint density at radius 1 is 1.11 bits per heavy atom. The molecule has 1 unspecified atom stereocenters. The highest BCUT2D eigenvalue weighted by Crippen LogP contribution is 2.39. The Hall–Kier alpha value is -1.87. The van der Waals surface area contributed by atoms with E-state index in [1.165, 1.54) is 6.07 Å². The normalized spacial score (nSPS) is 17.6. The third kappa shape index (κ3) is 2.34. The van der Waals surface area contributed by atoms with Crippen molar-refractivity contribution in [2.75, 3.05) is 6.61 Å². The second kappa shape index (κ2) is 4.67. The molecule has 2 aromatic carbocycles. The van der Waals surface area contributed by atoms with E-state index in [1.54, 1.807) is 6.07 Å². The maximum Gasteiger partial charge on any atom is 0.161 e. The van der Waals surface area contributed by atoms with Crippen molar-refractivity contribution in [3.8, 4) is 17.2 Å². The van der Waals surface area contributed by atoms with Gasteiger partial charge in [0.2, 0.25) is 0 Å². The second-order valence-corrected chi connectivity index (χ2v) is 5.15. The summed E-state index contributed by atoms with van der Waals surface area (Å²) < 4.78 is 5.65. The Morgan fingerprint density at radius 3 is 2.68 bits per heavy atom. The average Bonchev–Trinajstić information content (AvgIpc) is 2.39. The van der Waals surface area contributed by atoms with E-state index in [9.17, 15) is 10.2 Å². The van der Waals surface area contributed by atoms with Crippen LogP contribution in [0.25, 0.3) is 0 Å². The van der Waals surface area contributed by atoms with Crippen LogP contribution in [0.4, 0.5) is 0 Å². The van der Waals surface area contributed by atoms with Crippen molar-refractivity contribution in [2.24, 2.45) is 0 Å². The standard InChI is InChI=1S/C15H13ClO3/c16-12-3-1-2-9(5-12)11-4-10-6-13(17)14(18)7-15(10)19-8-11/h1-3,5-7,11,17-18H,4,8H2. The Morgan fingerprint density at radius 2 is 1.89 bits per heavy atom. The number of phenols is 2. The van der Waals surface area contributed by atoms with Gasteiger partial charge in [-0.1, -0.05) is 23.7 Å². The fourth-order valence-corrected chi connectivity index (χ4v) is 2.58. The third-order valence-corrected chi connectivity index (χ3v) is 3.62. The zero-order valence-electron chi connectivity index (χ0n) is 10.1. The van der Waals surface area contributed by atoms with E-state index in [4.69, 9.17) is 16.3 Å². The van der Waals surface area contributed by atoms with E-state index in [1.807, 2.05) is 24.3 Å². The lowest BCUT2D eigenvalue weighted by Gasteiger charge is -2.26. The molecule has 0 amide bonds. The molecule has 0 spiro atoms. The van der Waals surface area contributed by atoms with Crippen LogP contribution in [0.2, 0.25) is 5.02 Å². The first-order valence-electron chi connectivity index (χ1n) is 6.06. The molecule has 1 atom stereocenters. The van der Waals surface area contributed by atoms with E-state index in [-0.39, 0.29) is 17.4 Å². The molecule has 0 aliphatic carbocycles. The van der Waals surface area contributed by atoms with Gasteiger partial charge in [0.1, 0.15) is 5.75 Å². The van der Waals surface area contributed by atoms with E-state index in [0.29, 0.717) is 17.4 Å². The van der Waals surface area contributed by atoms with Crippen LogP contribution < -0.4 is 4.74 Å². The van der Waals surface area contributed by atoms with Crippen molar-refractivity contribution in [2.45, 2.75) is 12.3 Å². The molecular formula is C15H13ClO3. The molecular weight excluding hydrogens is 264 g/mol. The molecule has 0 fully saturated rings. The average molecular weight is 277 g/mol. The van der Waals surface area contributed by atoms with Gasteiger partial charge in [0.25, 0.3) is 0 Å². The number of halogens is 1. The van der Waals surface area contributed by atoms with Crippen molar-refractivity contribution in [1.82, 2.24) is 0 Å². The SMILES string of the molecule is Oc1cc2c(cc1O)OCC(c1cccc(Cl)c1)C2. The molecule has 0 radical (unpaired) electrons. The third-order valence-electron chi connectivity index (χ3n) is 3.38. The lowest BCUT2D eigenvalue weighted by atomic mass is 9.90. The van der Waals surface area contributed by atoms with E-state index in [0.717, 1.165) is 17.5 Å². The predicted octanol–water partition coefficient (Wildman–Crippen LogP) is 3.47. The van der Waals surface area contributed by atoms with Crippen LogP contribution in [0.5, 0.6) is 17.2 Å². The van der Waals surface area contributed by atoms with Gasteiger partial charge in [-0.15, -0.1) is 0 Å². The smallest absolute Gasteiger partial charge is 0.161 e. The zero-order chi connectivity index (χ0) is 13.4. The van der Waals surface area contributed by atoms with Crippen LogP contribution in [0.15, 0.2) is 36.4 Å². The van der Waals surface area contributed by atoms with Gasteiger partial charge in [-0.25, -0.2) is 0 Å². The monoisotopic (exact) mass is 276 g/mol. The molecule has 4 heteroatoms. The predicted molar refractivity (Wildman–Crippen MR) is 73.2 cm³/mol. The molecule has 1 aliphatic heterocycles. The first-order valence-corrected chi connectivity index (χ1v) is 6.44. The van der Waals surface area contributed by atoms with Crippen molar-refractivity contribution in [3.05, 3.63) is 52.5 Å². The maximum absolute atomic E-state index is 9.55. The number of fused-ring (bicyclic) bond motifs is 1. The van der Waals surface area contributed by atoms with Gasteiger partial charge in [-0.3, -0.25) is 0 Å². The fourth-order valence-electron chi connectivity index (χ4n) is 2.38. The molecule has 2 N–H and O–H groups in total. The van der Waals surface area contributed by atoms with Gasteiger partial charge in [0.15, 0.2) is 11.5 Å². The molecule has 2 aromatic rings. The lowest BCUT2D eigenvalue weighted by molar-refractivity contribution is 0.260. The van der Waals surface area contributed by atoms with Crippen LogP contribution in [0, 0.1) is 0 Å². The topological polar surface area (TPSA) is 49.7 Å². The first-order chi connectivity index (χ1) is 9.13. The number of rotatable bonds is 1. The fraction of sp³-hybridized carbons (Fsp3) is 0.200. The molecule has 0 bridgehead atoms. The highest BCUT2D eigenvalue weighted by atomic mass is 35.5. The summed E-state index contributed by atoms with van der Waals surface area (Å²) in [5, 5.41) is 19.7. The van der Waals surface area contributed by atoms with Gasteiger partial charge < -0.3 is 14.9 Å². The summed E-state index contributed by atoms with van der Waals surface area (Å²) in [6.45, 7) is 0.539. The number of ether oxygens (including phenoxy) is 1. The number of benzene rings is 2. The van der Waals surface area contributed by atoms with Crippen molar-refractivity contribution in [3.63, 3.8) is 0 Å². The van der Waals surface area contributed by atoms with E-state index < -0.39 is 0 Å². The first kappa shape index (κ1) is 12.2. The summed E-state index contributed by atoms with van der Waals surface area (Å²) in [6, 6.07) is 10.7. The maximum atomic E-state index is 9.55. The van der Waals surface area contributed by atoms with Crippen molar-refractivity contribution >= 4 is 11.6 Å². The quantitative estimate of drug-likeness (QED) is 0.784. The van der Waals surface area contributed by atoms with Gasteiger partial charge in [0, 0.05) is 17.0 Å². The van der Waals surface area contributed by atoms with Crippen LogP contribution >= 0.6 is 11.6 Å². The molecule has 1 aliphatic rings. The van der Waals surface area contributed by atoms with Gasteiger partial charge in [0.05, 0.1) is 6.61 Å². The van der Waals surface area contributed by atoms with Gasteiger partial charge in [-0.2, -0.15) is 0 Å². The van der Waals surface area contributed by atoms with E-state index in [2.05, 4.69) is 0 Å². The summed E-state index contributed by atoms with van der Waals surface area (Å²) in [5.74, 6) is 0.567. The minimum atomic E-state index is -0.153. The summed E-state index contributed by atoms with van der Waals surface area (Å²) in [7, 11) is 0.